The van der Waals surface area contributed by atoms with Crippen molar-refractivity contribution in [2.75, 3.05) is 10.6 Å². The van der Waals surface area contributed by atoms with Gasteiger partial charge in [0, 0.05) is 16.3 Å². The fourth-order valence-electron chi connectivity index (χ4n) is 2.46. The standard InChI is InChI=1S/C20H20ClN5O3/c1-20(2,3)29-19(28)24-15-7-4-13(5-8-15)18(27)25-16-10-14(21)6-9-17(16)26-12-22-11-23-26/h4-12H,1-3H3,(H,24,28)(H,25,27). The summed E-state index contributed by atoms with van der Waals surface area (Å²) in [4.78, 5) is 28.4. The van der Waals surface area contributed by atoms with Gasteiger partial charge in [-0.25, -0.2) is 14.5 Å². The summed E-state index contributed by atoms with van der Waals surface area (Å²) in [6.07, 6.45) is 2.36. The second-order valence-electron chi connectivity index (χ2n) is 7.16. The van der Waals surface area contributed by atoms with Crippen LogP contribution in [0.5, 0.6) is 0 Å². The Balaban J connectivity index is 1.72. The highest BCUT2D eigenvalue weighted by atomic mass is 35.5. The van der Waals surface area contributed by atoms with E-state index in [9.17, 15) is 9.59 Å². The minimum Gasteiger partial charge on any atom is -0.444 e. The maximum absolute atomic E-state index is 12.7. The van der Waals surface area contributed by atoms with Gasteiger partial charge in [-0.15, -0.1) is 0 Å². The van der Waals surface area contributed by atoms with Gasteiger partial charge in [0.15, 0.2) is 0 Å². The third-order valence-corrected chi connectivity index (χ3v) is 3.90. The van der Waals surface area contributed by atoms with E-state index in [1.54, 1.807) is 63.2 Å². The quantitative estimate of drug-likeness (QED) is 0.655. The van der Waals surface area contributed by atoms with Crippen LogP contribution in [0.2, 0.25) is 5.02 Å². The molecule has 3 aromatic rings. The summed E-state index contributed by atoms with van der Waals surface area (Å²) in [6, 6.07) is 11.5. The Morgan fingerprint density at radius 2 is 1.79 bits per heavy atom. The van der Waals surface area contributed by atoms with Crippen LogP contribution in [0.3, 0.4) is 0 Å². The van der Waals surface area contributed by atoms with Gasteiger partial charge in [-0.2, -0.15) is 5.10 Å². The normalized spacial score (nSPS) is 11.0. The van der Waals surface area contributed by atoms with Crippen LogP contribution in [0.15, 0.2) is 55.1 Å². The lowest BCUT2D eigenvalue weighted by atomic mass is 10.2. The average Bonchev–Trinajstić information content (AvgIpc) is 3.15. The van der Waals surface area contributed by atoms with E-state index in [1.807, 2.05) is 0 Å². The molecule has 0 spiro atoms. The largest absolute Gasteiger partial charge is 0.444 e. The predicted molar refractivity (Wildman–Crippen MR) is 111 cm³/mol. The van der Waals surface area contributed by atoms with Crippen molar-refractivity contribution in [1.29, 1.82) is 0 Å². The van der Waals surface area contributed by atoms with E-state index in [1.165, 1.54) is 17.3 Å². The Kier molecular flexibility index (Phi) is 5.84. The molecule has 150 valence electrons. The zero-order valence-electron chi connectivity index (χ0n) is 16.1. The number of rotatable bonds is 4. The summed E-state index contributed by atoms with van der Waals surface area (Å²) in [6.45, 7) is 5.34. The van der Waals surface area contributed by atoms with Gasteiger partial charge in [-0.05, 0) is 63.2 Å². The smallest absolute Gasteiger partial charge is 0.412 e. The van der Waals surface area contributed by atoms with Gasteiger partial charge in [0.1, 0.15) is 18.3 Å². The van der Waals surface area contributed by atoms with Gasteiger partial charge < -0.3 is 10.1 Å². The number of ether oxygens (including phenoxy) is 1. The molecule has 1 heterocycles. The molecule has 2 N–H and O–H groups in total. The van der Waals surface area contributed by atoms with Crippen molar-refractivity contribution in [3.05, 3.63) is 65.7 Å². The molecule has 0 aliphatic heterocycles. The number of aromatic nitrogens is 3. The number of carbonyl (C=O) groups excluding carboxylic acids is 2. The molecule has 1 aromatic heterocycles. The first-order valence-corrected chi connectivity index (χ1v) is 9.15. The molecule has 2 aromatic carbocycles. The van der Waals surface area contributed by atoms with E-state index in [0.717, 1.165) is 0 Å². The van der Waals surface area contributed by atoms with Crippen LogP contribution in [0.25, 0.3) is 5.69 Å². The monoisotopic (exact) mass is 413 g/mol. The van der Waals surface area contributed by atoms with E-state index in [4.69, 9.17) is 16.3 Å². The number of nitrogens with one attached hydrogen (secondary N) is 2. The molecule has 0 fully saturated rings. The first-order chi connectivity index (χ1) is 13.7. The molecule has 0 aliphatic carbocycles. The molecule has 3 rings (SSSR count). The Labute approximate surface area is 172 Å². The zero-order chi connectivity index (χ0) is 21.0. The Morgan fingerprint density at radius 1 is 1.07 bits per heavy atom. The molecule has 0 unspecified atom stereocenters. The predicted octanol–water partition coefficient (Wildman–Crippen LogP) is 4.52. The molecule has 0 saturated carbocycles. The van der Waals surface area contributed by atoms with E-state index in [0.29, 0.717) is 27.6 Å². The van der Waals surface area contributed by atoms with Crippen LogP contribution < -0.4 is 10.6 Å². The summed E-state index contributed by atoms with van der Waals surface area (Å²) in [7, 11) is 0. The Morgan fingerprint density at radius 3 is 2.41 bits per heavy atom. The number of hydrogen-bond donors (Lipinski definition) is 2. The molecule has 2 amide bonds. The molecule has 0 saturated heterocycles. The first kappa shape index (κ1) is 20.3. The summed E-state index contributed by atoms with van der Waals surface area (Å²) in [5.41, 5.74) is 1.45. The molecule has 9 heteroatoms. The summed E-state index contributed by atoms with van der Waals surface area (Å²) >= 11 is 6.07. The summed E-state index contributed by atoms with van der Waals surface area (Å²) in [5, 5.41) is 10.00. The van der Waals surface area contributed by atoms with Crippen LogP contribution in [0, 0.1) is 0 Å². The lowest BCUT2D eigenvalue weighted by Crippen LogP contribution is -2.27. The van der Waals surface area contributed by atoms with Crippen molar-refractivity contribution in [2.45, 2.75) is 26.4 Å². The molecular weight excluding hydrogens is 394 g/mol. The van der Waals surface area contributed by atoms with Gasteiger partial charge in [0.2, 0.25) is 0 Å². The number of benzene rings is 2. The Bertz CT molecular complexity index is 1010. The topological polar surface area (TPSA) is 98.1 Å². The first-order valence-electron chi connectivity index (χ1n) is 8.77. The summed E-state index contributed by atoms with van der Waals surface area (Å²) in [5.74, 6) is -0.336. The number of halogens is 1. The van der Waals surface area contributed by atoms with Crippen LogP contribution in [-0.4, -0.2) is 32.4 Å². The highest BCUT2D eigenvalue weighted by Crippen LogP contribution is 2.24. The van der Waals surface area contributed by atoms with Crippen molar-refractivity contribution in [1.82, 2.24) is 14.8 Å². The summed E-state index contributed by atoms with van der Waals surface area (Å²) < 4.78 is 6.73. The van der Waals surface area contributed by atoms with Gasteiger partial charge in [0.25, 0.3) is 5.91 Å². The second kappa shape index (κ2) is 8.32. The zero-order valence-corrected chi connectivity index (χ0v) is 16.9. The van der Waals surface area contributed by atoms with Gasteiger partial charge in [-0.3, -0.25) is 10.1 Å². The molecule has 0 aliphatic rings. The fraction of sp³-hybridized carbons (Fsp3) is 0.200. The third-order valence-electron chi connectivity index (χ3n) is 3.66. The minimum absolute atomic E-state index is 0.336. The molecule has 8 nitrogen and oxygen atoms in total. The molecule has 0 bridgehead atoms. The van der Waals surface area contributed by atoms with Gasteiger partial charge in [-0.1, -0.05) is 11.6 Å². The molecular formula is C20H20ClN5O3. The molecule has 0 radical (unpaired) electrons. The van der Waals surface area contributed by atoms with Crippen LogP contribution in [-0.2, 0) is 4.74 Å². The minimum atomic E-state index is -0.595. The Hall–Kier alpha value is -3.39. The van der Waals surface area contributed by atoms with E-state index < -0.39 is 11.7 Å². The van der Waals surface area contributed by atoms with Crippen molar-refractivity contribution < 1.29 is 14.3 Å². The lowest BCUT2D eigenvalue weighted by Gasteiger charge is -2.19. The number of carbonyl (C=O) groups is 2. The average molecular weight is 414 g/mol. The third kappa shape index (κ3) is 5.55. The van der Waals surface area contributed by atoms with E-state index >= 15 is 0 Å². The number of amides is 2. The van der Waals surface area contributed by atoms with Crippen molar-refractivity contribution >= 4 is 35.0 Å². The van der Waals surface area contributed by atoms with Crippen molar-refractivity contribution in [2.24, 2.45) is 0 Å². The highest BCUT2D eigenvalue weighted by molar-refractivity contribution is 6.31. The van der Waals surface area contributed by atoms with Crippen molar-refractivity contribution in [3.63, 3.8) is 0 Å². The van der Waals surface area contributed by atoms with E-state index in [-0.39, 0.29) is 5.91 Å². The van der Waals surface area contributed by atoms with Crippen LogP contribution in [0.1, 0.15) is 31.1 Å². The van der Waals surface area contributed by atoms with Gasteiger partial charge in [0.05, 0.1) is 11.4 Å². The number of hydrogen-bond acceptors (Lipinski definition) is 5. The molecule has 0 atom stereocenters. The van der Waals surface area contributed by atoms with Crippen LogP contribution >= 0.6 is 11.6 Å². The van der Waals surface area contributed by atoms with Gasteiger partial charge >= 0.3 is 6.09 Å². The van der Waals surface area contributed by atoms with Crippen molar-refractivity contribution in [3.8, 4) is 5.69 Å². The maximum atomic E-state index is 12.7. The molecule has 29 heavy (non-hydrogen) atoms. The second-order valence-corrected chi connectivity index (χ2v) is 7.60. The highest BCUT2D eigenvalue weighted by Gasteiger charge is 2.16. The number of nitrogens with zero attached hydrogens (tertiary/aromatic N) is 3. The fourth-order valence-corrected chi connectivity index (χ4v) is 2.63. The van der Waals surface area contributed by atoms with E-state index in [2.05, 4.69) is 20.7 Å². The lowest BCUT2D eigenvalue weighted by molar-refractivity contribution is 0.0636. The number of anilines is 2. The maximum Gasteiger partial charge on any atom is 0.412 e. The SMILES string of the molecule is CC(C)(C)OC(=O)Nc1ccc(C(=O)Nc2cc(Cl)ccc2-n2cncn2)cc1. The van der Waals surface area contributed by atoms with Crippen LogP contribution in [0.4, 0.5) is 16.2 Å².